The molecule has 1 aliphatic rings. The van der Waals surface area contributed by atoms with E-state index in [9.17, 15) is 0 Å². The van der Waals surface area contributed by atoms with Gasteiger partial charge in [-0.15, -0.1) is 22.7 Å². The topological polar surface area (TPSA) is 12.0 Å². The molecule has 0 spiro atoms. The molecule has 1 N–H and O–H groups in total. The van der Waals surface area contributed by atoms with Gasteiger partial charge >= 0.3 is 0 Å². The molecule has 0 aliphatic heterocycles. The molecule has 0 amide bonds. The molecule has 114 valence electrons. The molecule has 0 aromatic carbocycles. The molecular formula is C17H22ClNS2. The van der Waals surface area contributed by atoms with Crippen LogP contribution in [0.1, 0.15) is 48.9 Å². The van der Waals surface area contributed by atoms with Crippen LogP contribution in [-0.2, 0) is 0 Å². The molecule has 1 nitrogen and oxygen atoms in total. The number of nitrogens with one attached hydrogen (secondary N) is 1. The Bertz CT molecular complexity index is 563. The molecule has 2 heterocycles. The van der Waals surface area contributed by atoms with Crippen LogP contribution in [0.15, 0.2) is 29.6 Å². The third-order valence-corrected chi connectivity index (χ3v) is 7.03. The summed E-state index contributed by atoms with van der Waals surface area (Å²) in [5.41, 5.74) is 0. The first-order valence-electron chi connectivity index (χ1n) is 7.70. The fraction of sp³-hybridized carbons (Fsp3) is 0.529. The number of thiophene rings is 2. The summed E-state index contributed by atoms with van der Waals surface area (Å²) in [5.74, 6) is 1.55. The Morgan fingerprint density at radius 2 is 2.05 bits per heavy atom. The van der Waals surface area contributed by atoms with Gasteiger partial charge in [0.2, 0.25) is 0 Å². The SMILES string of the molecule is CC1CCCC(NC(c2cccs2)c2ccc(Cl)s2)C1C. The van der Waals surface area contributed by atoms with Crippen molar-refractivity contribution < 1.29 is 0 Å². The summed E-state index contributed by atoms with van der Waals surface area (Å²) in [6, 6.07) is 9.43. The molecular weight excluding hydrogens is 318 g/mol. The van der Waals surface area contributed by atoms with Gasteiger partial charge in [-0.05, 0) is 41.8 Å². The lowest BCUT2D eigenvalue weighted by molar-refractivity contribution is 0.200. The van der Waals surface area contributed by atoms with Crippen molar-refractivity contribution >= 4 is 34.3 Å². The summed E-state index contributed by atoms with van der Waals surface area (Å²) in [6.07, 6.45) is 3.99. The van der Waals surface area contributed by atoms with Crippen LogP contribution in [-0.4, -0.2) is 6.04 Å². The zero-order chi connectivity index (χ0) is 14.8. The van der Waals surface area contributed by atoms with Crippen molar-refractivity contribution in [2.45, 2.75) is 45.2 Å². The monoisotopic (exact) mass is 339 g/mol. The van der Waals surface area contributed by atoms with Crippen molar-refractivity contribution in [1.29, 1.82) is 0 Å². The predicted molar refractivity (Wildman–Crippen MR) is 94.6 cm³/mol. The van der Waals surface area contributed by atoms with Crippen LogP contribution < -0.4 is 5.32 Å². The van der Waals surface area contributed by atoms with Gasteiger partial charge < -0.3 is 5.32 Å². The molecule has 0 radical (unpaired) electrons. The summed E-state index contributed by atoms with van der Waals surface area (Å²) >= 11 is 9.68. The predicted octanol–water partition coefficient (Wildman–Crippen LogP) is 5.97. The summed E-state index contributed by atoms with van der Waals surface area (Å²) < 4.78 is 0.874. The zero-order valence-corrected chi connectivity index (χ0v) is 14.9. The van der Waals surface area contributed by atoms with E-state index >= 15 is 0 Å². The summed E-state index contributed by atoms with van der Waals surface area (Å²) in [5, 5.41) is 6.09. The van der Waals surface area contributed by atoms with Gasteiger partial charge in [0.15, 0.2) is 0 Å². The molecule has 2 aromatic rings. The maximum Gasteiger partial charge on any atom is 0.0931 e. The molecule has 3 rings (SSSR count). The van der Waals surface area contributed by atoms with E-state index in [0.717, 1.165) is 16.2 Å². The first kappa shape index (κ1) is 15.5. The summed E-state index contributed by atoms with van der Waals surface area (Å²) in [4.78, 5) is 2.71. The summed E-state index contributed by atoms with van der Waals surface area (Å²) in [7, 11) is 0. The van der Waals surface area contributed by atoms with E-state index in [1.54, 1.807) is 11.3 Å². The van der Waals surface area contributed by atoms with E-state index in [-0.39, 0.29) is 0 Å². The van der Waals surface area contributed by atoms with Crippen LogP contribution in [0.5, 0.6) is 0 Å². The molecule has 4 unspecified atom stereocenters. The number of hydrogen-bond acceptors (Lipinski definition) is 3. The number of halogens is 1. The zero-order valence-electron chi connectivity index (χ0n) is 12.5. The fourth-order valence-electron chi connectivity index (χ4n) is 3.27. The first-order chi connectivity index (χ1) is 10.1. The third-order valence-electron chi connectivity index (χ3n) is 4.79. The molecule has 0 bridgehead atoms. The van der Waals surface area contributed by atoms with Crippen LogP contribution in [0.4, 0.5) is 0 Å². The lowest BCUT2D eigenvalue weighted by Crippen LogP contribution is -2.42. The van der Waals surface area contributed by atoms with Gasteiger partial charge in [0.25, 0.3) is 0 Å². The Kier molecular flexibility index (Phi) is 5.05. The minimum absolute atomic E-state index is 0.292. The van der Waals surface area contributed by atoms with E-state index in [4.69, 9.17) is 11.6 Å². The minimum atomic E-state index is 0.292. The average Bonchev–Trinajstić information content (AvgIpc) is 3.12. The highest BCUT2D eigenvalue weighted by Crippen LogP contribution is 2.36. The van der Waals surface area contributed by atoms with E-state index < -0.39 is 0 Å². The Hall–Kier alpha value is -0.350. The standard InChI is InChI=1S/C17H22ClNS2/c1-11-5-3-6-13(12(11)2)19-17(14-7-4-10-20-14)15-8-9-16(18)21-15/h4,7-13,17,19H,3,5-6H2,1-2H3. The molecule has 4 atom stereocenters. The molecule has 1 aliphatic carbocycles. The van der Waals surface area contributed by atoms with Crippen LogP contribution >= 0.6 is 34.3 Å². The first-order valence-corrected chi connectivity index (χ1v) is 9.77. The van der Waals surface area contributed by atoms with Gasteiger partial charge in [0.05, 0.1) is 10.4 Å². The van der Waals surface area contributed by atoms with Crippen molar-refractivity contribution in [3.05, 3.63) is 43.7 Å². The molecule has 21 heavy (non-hydrogen) atoms. The van der Waals surface area contributed by atoms with Crippen LogP contribution in [0.3, 0.4) is 0 Å². The van der Waals surface area contributed by atoms with E-state index in [1.807, 2.05) is 17.4 Å². The second-order valence-corrected chi connectivity index (χ2v) is 8.86. The van der Waals surface area contributed by atoms with Gasteiger partial charge in [0, 0.05) is 15.8 Å². The minimum Gasteiger partial charge on any atom is -0.302 e. The normalized spacial score (nSPS) is 27.7. The Morgan fingerprint density at radius 3 is 2.71 bits per heavy atom. The average molecular weight is 340 g/mol. The molecule has 1 saturated carbocycles. The van der Waals surface area contributed by atoms with Crippen molar-refractivity contribution in [3.8, 4) is 0 Å². The molecule has 1 fully saturated rings. The number of hydrogen-bond donors (Lipinski definition) is 1. The Morgan fingerprint density at radius 1 is 1.19 bits per heavy atom. The van der Waals surface area contributed by atoms with Crippen molar-refractivity contribution in [2.24, 2.45) is 11.8 Å². The fourth-order valence-corrected chi connectivity index (χ4v) is 5.29. The second-order valence-electron chi connectivity index (χ2n) is 6.13. The van der Waals surface area contributed by atoms with E-state index in [1.165, 1.54) is 29.0 Å². The lowest BCUT2D eigenvalue weighted by Gasteiger charge is -2.37. The Labute approximate surface area is 140 Å². The highest BCUT2D eigenvalue weighted by atomic mass is 35.5. The number of rotatable bonds is 4. The van der Waals surface area contributed by atoms with Gasteiger partial charge in [-0.2, -0.15) is 0 Å². The lowest BCUT2D eigenvalue weighted by atomic mass is 9.77. The van der Waals surface area contributed by atoms with Gasteiger partial charge in [-0.25, -0.2) is 0 Å². The quantitative estimate of drug-likeness (QED) is 0.723. The highest BCUT2D eigenvalue weighted by molar-refractivity contribution is 7.16. The Balaban J connectivity index is 1.83. The van der Waals surface area contributed by atoms with Gasteiger partial charge in [-0.1, -0.05) is 44.4 Å². The summed E-state index contributed by atoms with van der Waals surface area (Å²) in [6.45, 7) is 4.79. The second kappa shape index (κ2) is 6.82. The van der Waals surface area contributed by atoms with Gasteiger partial charge in [-0.3, -0.25) is 0 Å². The smallest absolute Gasteiger partial charge is 0.0931 e. The van der Waals surface area contributed by atoms with Crippen LogP contribution in [0.25, 0.3) is 0 Å². The largest absolute Gasteiger partial charge is 0.302 e. The van der Waals surface area contributed by atoms with E-state index in [0.29, 0.717) is 12.1 Å². The highest BCUT2D eigenvalue weighted by Gasteiger charge is 2.30. The maximum atomic E-state index is 6.15. The van der Waals surface area contributed by atoms with Crippen LogP contribution in [0, 0.1) is 11.8 Å². The van der Waals surface area contributed by atoms with Crippen molar-refractivity contribution in [1.82, 2.24) is 5.32 Å². The van der Waals surface area contributed by atoms with Crippen LogP contribution in [0.2, 0.25) is 4.34 Å². The van der Waals surface area contributed by atoms with Crippen molar-refractivity contribution in [2.75, 3.05) is 0 Å². The maximum absolute atomic E-state index is 6.15. The molecule has 0 saturated heterocycles. The third kappa shape index (κ3) is 3.53. The molecule has 2 aromatic heterocycles. The van der Waals surface area contributed by atoms with E-state index in [2.05, 4.69) is 42.7 Å². The van der Waals surface area contributed by atoms with Crippen molar-refractivity contribution in [3.63, 3.8) is 0 Å². The van der Waals surface area contributed by atoms with Gasteiger partial charge in [0.1, 0.15) is 0 Å². The molecule has 4 heteroatoms.